The predicted molar refractivity (Wildman–Crippen MR) is 74.8 cm³/mol. The molecular formula is C15H24N2. The molecule has 0 saturated carbocycles. The zero-order valence-electron chi connectivity index (χ0n) is 10.9. The molecule has 0 spiro atoms. The molecule has 2 nitrogen and oxygen atoms in total. The van der Waals surface area contributed by atoms with E-state index in [1.165, 1.54) is 43.5 Å². The Morgan fingerprint density at radius 2 is 2.06 bits per heavy atom. The second-order valence-corrected chi connectivity index (χ2v) is 4.82. The largest absolute Gasteiger partial charge is 0.370 e. The molecule has 1 aliphatic rings. The van der Waals surface area contributed by atoms with Crippen LogP contribution in [-0.4, -0.2) is 26.2 Å². The van der Waals surface area contributed by atoms with Gasteiger partial charge in [0.25, 0.3) is 0 Å². The minimum atomic E-state index is 1.10. The Morgan fingerprint density at radius 3 is 2.94 bits per heavy atom. The maximum atomic E-state index is 3.49. The van der Waals surface area contributed by atoms with Crippen molar-refractivity contribution in [2.45, 2.75) is 32.6 Å². The third-order valence-corrected chi connectivity index (χ3v) is 3.44. The Labute approximate surface area is 105 Å². The number of anilines is 1. The third kappa shape index (κ3) is 3.47. The topological polar surface area (TPSA) is 15.3 Å². The minimum absolute atomic E-state index is 1.10. The number of benzene rings is 1. The Kier molecular flexibility index (Phi) is 4.87. The highest BCUT2D eigenvalue weighted by atomic mass is 15.1. The van der Waals surface area contributed by atoms with Crippen LogP contribution in [0.25, 0.3) is 0 Å². The first kappa shape index (κ1) is 12.4. The molecule has 0 unspecified atom stereocenters. The van der Waals surface area contributed by atoms with E-state index in [0.717, 1.165) is 19.6 Å². The standard InChI is InChI=1S/C15H24N2/c1-2-10-16-11-13-17-12-6-5-8-14-7-3-4-9-15(14)17/h3-4,7,9,16H,2,5-6,8,10-13H2,1H3. The Hall–Kier alpha value is -1.02. The lowest BCUT2D eigenvalue weighted by atomic mass is 10.1. The van der Waals surface area contributed by atoms with Crippen LogP contribution in [0.1, 0.15) is 31.7 Å². The molecule has 0 fully saturated rings. The number of hydrogen-bond acceptors (Lipinski definition) is 2. The summed E-state index contributed by atoms with van der Waals surface area (Å²) in [5.41, 5.74) is 2.99. The van der Waals surface area contributed by atoms with E-state index in [1.54, 1.807) is 0 Å². The lowest BCUT2D eigenvalue weighted by Crippen LogP contribution is -2.33. The van der Waals surface area contributed by atoms with Crippen LogP contribution in [0.3, 0.4) is 0 Å². The van der Waals surface area contributed by atoms with E-state index in [0.29, 0.717) is 0 Å². The van der Waals surface area contributed by atoms with Crippen molar-refractivity contribution in [1.29, 1.82) is 0 Å². The summed E-state index contributed by atoms with van der Waals surface area (Å²) in [5, 5.41) is 3.49. The van der Waals surface area contributed by atoms with Crippen molar-refractivity contribution in [2.24, 2.45) is 0 Å². The SMILES string of the molecule is CCCNCCN1CCCCc2ccccc21. The quantitative estimate of drug-likeness (QED) is 0.785. The molecule has 2 rings (SSSR count). The van der Waals surface area contributed by atoms with Gasteiger partial charge in [-0.2, -0.15) is 0 Å². The van der Waals surface area contributed by atoms with E-state index in [-0.39, 0.29) is 0 Å². The van der Waals surface area contributed by atoms with Gasteiger partial charge in [-0.1, -0.05) is 25.1 Å². The highest BCUT2D eigenvalue weighted by Gasteiger charge is 2.13. The zero-order chi connectivity index (χ0) is 11.9. The van der Waals surface area contributed by atoms with E-state index in [4.69, 9.17) is 0 Å². The lowest BCUT2D eigenvalue weighted by Gasteiger charge is -2.25. The number of rotatable bonds is 5. The van der Waals surface area contributed by atoms with Gasteiger partial charge in [-0.3, -0.25) is 0 Å². The van der Waals surface area contributed by atoms with E-state index in [1.807, 2.05) is 0 Å². The number of aryl methyl sites for hydroxylation is 1. The van der Waals surface area contributed by atoms with Crippen molar-refractivity contribution >= 4 is 5.69 Å². The fraction of sp³-hybridized carbons (Fsp3) is 0.600. The Balaban J connectivity index is 1.97. The molecule has 2 heteroatoms. The van der Waals surface area contributed by atoms with Gasteiger partial charge in [0, 0.05) is 25.3 Å². The first-order valence-corrected chi connectivity index (χ1v) is 6.95. The van der Waals surface area contributed by atoms with E-state index < -0.39 is 0 Å². The second-order valence-electron chi connectivity index (χ2n) is 4.82. The molecular weight excluding hydrogens is 208 g/mol. The van der Waals surface area contributed by atoms with Gasteiger partial charge in [0.05, 0.1) is 0 Å². The van der Waals surface area contributed by atoms with Crippen LogP contribution >= 0.6 is 0 Å². The van der Waals surface area contributed by atoms with Crippen LogP contribution in [0.4, 0.5) is 5.69 Å². The van der Waals surface area contributed by atoms with Crippen LogP contribution in [0.15, 0.2) is 24.3 Å². The van der Waals surface area contributed by atoms with Crippen molar-refractivity contribution in [2.75, 3.05) is 31.1 Å². The lowest BCUT2D eigenvalue weighted by molar-refractivity contribution is 0.639. The second kappa shape index (κ2) is 6.65. The molecule has 1 aromatic carbocycles. The van der Waals surface area contributed by atoms with Gasteiger partial charge in [0.15, 0.2) is 0 Å². The highest BCUT2D eigenvalue weighted by molar-refractivity contribution is 5.54. The molecule has 0 saturated heterocycles. The summed E-state index contributed by atoms with van der Waals surface area (Å²) in [7, 11) is 0. The molecule has 0 bridgehead atoms. The Morgan fingerprint density at radius 1 is 1.18 bits per heavy atom. The number of hydrogen-bond donors (Lipinski definition) is 1. The van der Waals surface area contributed by atoms with Crippen molar-refractivity contribution in [3.8, 4) is 0 Å². The number of nitrogens with zero attached hydrogens (tertiary/aromatic N) is 1. The fourth-order valence-corrected chi connectivity index (χ4v) is 2.52. The highest BCUT2D eigenvalue weighted by Crippen LogP contribution is 2.25. The molecule has 0 radical (unpaired) electrons. The van der Waals surface area contributed by atoms with Gasteiger partial charge in [-0.05, 0) is 43.9 Å². The summed E-state index contributed by atoms with van der Waals surface area (Å²) in [5.74, 6) is 0. The monoisotopic (exact) mass is 232 g/mol. The molecule has 0 aromatic heterocycles. The van der Waals surface area contributed by atoms with E-state index in [2.05, 4.69) is 41.4 Å². The van der Waals surface area contributed by atoms with Gasteiger partial charge in [-0.15, -0.1) is 0 Å². The number of nitrogens with one attached hydrogen (secondary N) is 1. The smallest absolute Gasteiger partial charge is 0.0399 e. The van der Waals surface area contributed by atoms with E-state index >= 15 is 0 Å². The molecule has 1 heterocycles. The average Bonchev–Trinajstić information content (AvgIpc) is 2.57. The van der Waals surface area contributed by atoms with Gasteiger partial charge in [0.2, 0.25) is 0 Å². The van der Waals surface area contributed by atoms with Crippen molar-refractivity contribution in [1.82, 2.24) is 5.32 Å². The number of para-hydroxylation sites is 1. The summed E-state index contributed by atoms with van der Waals surface area (Å²) < 4.78 is 0. The summed E-state index contributed by atoms with van der Waals surface area (Å²) in [4.78, 5) is 2.55. The first-order valence-electron chi connectivity index (χ1n) is 6.95. The van der Waals surface area contributed by atoms with Crippen LogP contribution in [0.5, 0.6) is 0 Å². The normalized spacial score (nSPS) is 15.5. The summed E-state index contributed by atoms with van der Waals surface area (Å²) in [6.07, 6.45) is 5.12. The maximum Gasteiger partial charge on any atom is 0.0399 e. The van der Waals surface area contributed by atoms with Gasteiger partial charge in [-0.25, -0.2) is 0 Å². The van der Waals surface area contributed by atoms with Crippen LogP contribution in [0.2, 0.25) is 0 Å². The zero-order valence-corrected chi connectivity index (χ0v) is 10.9. The van der Waals surface area contributed by atoms with Crippen LogP contribution in [-0.2, 0) is 6.42 Å². The fourth-order valence-electron chi connectivity index (χ4n) is 2.52. The number of fused-ring (bicyclic) bond motifs is 1. The molecule has 1 aromatic rings. The molecule has 0 atom stereocenters. The predicted octanol–water partition coefficient (Wildman–Crippen LogP) is 2.83. The minimum Gasteiger partial charge on any atom is -0.370 e. The van der Waals surface area contributed by atoms with Gasteiger partial charge < -0.3 is 10.2 Å². The van der Waals surface area contributed by atoms with Gasteiger partial charge >= 0.3 is 0 Å². The molecule has 1 aliphatic heterocycles. The average molecular weight is 232 g/mol. The van der Waals surface area contributed by atoms with E-state index in [9.17, 15) is 0 Å². The first-order chi connectivity index (χ1) is 8.42. The molecule has 1 N–H and O–H groups in total. The summed E-state index contributed by atoms with van der Waals surface area (Å²) in [6, 6.07) is 8.89. The maximum absolute atomic E-state index is 3.49. The van der Waals surface area contributed by atoms with Crippen LogP contribution < -0.4 is 10.2 Å². The molecule has 94 valence electrons. The molecule has 0 amide bonds. The van der Waals surface area contributed by atoms with Crippen molar-refractivity contribution < 1.29 is 0 Å². The Bertz CT molecular complexity index is 335. The van der Waals surface area contributed by atoms with Crippen molar-refractivity contribution in [3.05, 3.63) is 29.8 Å². The van der Waals surface area contributed by atoms with Crippen molar-refractivity contribution in [3.63, 3.8) is 0 Å². The summed E-state index contributed by atoms with van der Waals surface area (Å²) >= 11 is 0. The van der Waals surface area contributed by atoms with Gasteiger partial charge in [0.1, 0.15) is 0 Å². The summed E-state index contributed by atoms with van der Waals surface area (Å²) in [6.45, 7) is 6.80. The molecule has 0 aliphatic carbocycles. The molecule has 17 heavy (non-hydrogen) atoms. The third-order valence-electron chi connectivity index (χ3n) is 3.44. The van der Waals surface area contributed by atoms with Crippen LogP contribution in [0, 0.1) is 0 Å².